The van der Waals surface area contributed by atoms with E-state index in [4.69, 9.17) is 0 Å². The fraction of sp³-hybridized carbons (Fsp3) is 0.812. The SMILES string of the molecule is CC(C)CC1(C(=O)Cc2ncnn2C(C)C)CCCC1. The molecule has 0 N–H and O–H groups in total. The average molecular weight is 277 g/mol. The van der Waals surface area contributed by atoms with E-state index in [1.165, 1.54) is 12.8 Å². The molecule has 0 bridgehead atoms. The van der Waals surface area contributed by atoms with Crippen molar-refractivity contribution in [2.75, 3.05) is 0 Å². The monoisotopic (exact) mass is 277 g/mol. The normalized spacial score (nSPS) is 18.1. The van der Waals surface area contributed by atoms with Gasteiger partial charge in [-0.3, -0.25) is 4.79 Å². The third-order valence-electron chi connectivity index (χ3n) is 4.41. The number of rotatable bonds is 6. The summed E-state index contributed by atoms with van der Waals surface area (Å²) in [6, 6.07) is 0.255. The van der Waals surface area contributed by atoms with E-state index in [1.807, 2.05) is 4.68 Å². The van der Waals surface area contributed by atoms with Gasteiger partial charge in [0.2, 0.25) is 0 Å². The van der Waals surface area contributed by atoms with Gasteiger partial charge in [-0.1, -0.05) is 26.7 Å². The van der Waals surface area contributed by atoms with Crippen LogP contribution in [0.5, 0.6) is 0 Å². The zero-order valence-corrected chi connectivity index (χ0v) is 13.2. The third kappa shape index (κ3) is 3.10. The second-order valence-corrected chi connectivity index (χ2v) is 6.90. The second-order valence-electron chi connectivity index (χ2n) is 6.90. The summed E-state index contributed by atoms with van der Waals surface area (Å²) in [5.74, 6) is 1.76. The van der Waals surface area contributed by atoms with Crippen LogP contribution in [0.3, 0.4) is 0 Å². The fourth-order valence-electron chi connectivity index (χ4n) is 3.59. The minimum Gasteiger partial charge on any atom is -0.299 e. The lowest BCUT2D eigenvalue weighted by Crippen LogP contribution is -2.32. The highest BCUT2D eigenvalue weighted by Gasteiger charge is 2.41. The number of ketones is 1. The van der Waals surface area contributed by atoms with E-state index in [0.29, 0.717) is 18.1 Å². The Bertz CT molecular complexity index is 456. The average Bonchev–Trinajstić information content (AvgIpc) is 2.97. The maximum atomic E-state index is 12.9. The van der Waals surface area contributed by atoms with Gasteiger partial charge in [0.1, 0.15) is 17.9 Å². The molecule has 0 radical (unpaired) electrons. The molecule has 0 aliphatic heterocycles. The van der Waals surface area contributed by atoms with Crippen LogP contribution in [-0.4, -0.2) is 20.5 Å². The van der Waals surface area contributed by atoms with E-state index in [1.54, 1.807) is 6.33 Å². The number of hydrogen-bond donors (Lipinski definition) is 0. The minimum atomic E-state index is -0.0953. The van der Waals surface area contributed by atoms with Gasteiger partial charge in [-0.25, -0.2) is 9.67 Å². The number of carbonyl (C=O) groups is 1. The topological polar surface area (TPSA) is 47.8 Å². The summed E-state index contributed by atoms with van der Waals surface area (Å²) in [7, 11) is 0. The minimum absolute atomic E-state index is 0.0953. The fourth-order valence-corrected chi connectivity index (χ4v) is 3.59. The lowest BCUT2D eigenvalue weighted by Gasteiger charge is -2.29. The Balaban J connectivity index is 2.15. The highest BCUT2D eigenvalue weighted by atomic mass is 16.1. The van der Waals surface area contributed by atoms with E-state index < -0.39 is 0 Å². The highest BCUT2D eigenvalue weighted by Crippen LogP contribution is 2.44. The van der Waals surface area contributed by atoms with Crippen LogP contribution in [0.25, 0.3) is 0 Å². The smallest absolute Gasteiger partial charge is 0.146 e. The summed E-state index contributed by atoms with van der Waals surface area (Å²) in [5, 5.41) is 4.23. The molecule has 20 heavy (non-hydrogen) atoms. The number of aromatic nitrogens is 3. The first-order valence-electron chi connectivity index (χ1n) is 7.86. The molecule has 4 nitrogen and oxygen atoms in total. The molecule has 1 heterocycles. The first-order chi connectivity index (χ1) is 9.44. The lowest BCUT2D eigenvalue weighted by atomic mass is 9.74. The summed E-state index contributed by atoms with van der Waals surface area (Å²) in [6.07, 6.45) is 7.50. The zero-order chi connectivity index (χ0) is 14.8. The van der Waals surface area contributed by atoms with Gasteiger partial charge in [0.05, 0.1) is 6.42 Å². The molecule has 1 saturated carbocycles. The molecule has 0 spiro atoms. The Hall–Kier alpha value is -1.19. The molecule has 1 aromatic heterocycles. The summed E-state index contributed by atoms with van der Waals surface area (Å²) < 4.78 is 1.87. The molecule has 1 aromatic rings. The van der Waals surface area contributed by atoms with E-state index in [0.717, 1.165) is 25.1 Å². The highest BCUT2D eigenvalue weighted by molar-refractivity contribution is 5.86. The molecule has 0 atom stereocenters. The van der Waals surface area contributed by atoms with Gasteiger partial charge in [-0.2, -0.15) is 5.10 Å². The Morgan fingerprint density at radius 1 is 1.30 bits per heavy atom. The van der Waals surface area contributed by atoms with Crippen LogP contribution in [0.1, 0.15) is 71.7 Å². The Morgan fingerprint density at radius 3 is 2.50 bits per heavy atom. The molecule has 1 fully saturated rings. The number of nitrogens with zero attached hydrogens (tertiary/aromatic N) is 3. The summed E-state index contributed by atoms with van der Waals surface area (Å²) >= 11 is 0. The van der Waals surface area contributed by atoms with Gasteiger partial charge in [-0.15, -0.1) is 0 Å². The predicted octanol–water partition coefficient (Wildman–Crippen LogP) is 3.58. The van der Waals surface area contributed by atoms with Crippen LogP contribution in [0.2, 0.25) is 0 Å². The number of Topliss-reactive ketones (excluding diaryl/α,β-unsaturated/α-hetero) is 1. The molecule has 2 rings (SSSR count). The molecule has 0 aromatic carbocycles. The van der Waals surface area contributed by atoms with Gasteiger partial charge in [0.25, 0.3) is 0 Å². The van der Waals surface area contributed by atoms with Crippen LogP contribution in [0.4, 0.5) is 0 Å². The van der Waals surface area contributed by atoms with Crippen LogP contribution in [-0.2, 0) is 11.2 Å². The van der Waals surface area contributed by atoms with Gasteiger partial charge in [0, 0.05) is 11.5 Å². The molecule has 1 aliphatic rings. The van der Waals surface area contributed by atoms with Crippen molar-refractivity contribution in [1.29, 1.82) is 0 Å². The van der Waals surface area contributed by atoms with Crippen molar-refractivity contribution < 1.29 is 4.79 Å². The van der Waals surface area contributed by atoms with Crippen LogP contribution >= 0.6 is 0 Å². The van der Waals surface area contributed by atoms with Gasteiger partial charge < -0.3 is 0 Å². The summed E-state index contributed by atoms with van der Waals surface area (Å²) in [6.45, 7) is 8.57. The maximum Gasteiger partial charge on any atom is 0.146 e. The van der Waals surface area contributed by atoms with Crippen LogP contribution in [0, 0.1) is 11.3 Å². The van der Waals surface area contributed by atoms with Crippen LogP contribution < -0.4 is 0 Å². The van der Waals surface area contributed by atoms with Crippen molar-refractivity contribution in [2.45, 2.75) is 72.3 Å². The standard InChI is InChI=1S/C16H27N3O/c1-12(2)10-16(7-5-6-8-16)14(20)9-15-17-11-18-19(15)13(3)4/h11-13H,5-10H2,1-4H3. The molecule has 1 aliphatic carbocycles. The molecule has 112 valence electrons. The molecule has 0 unspecified atom stereocenters. The summed E-state index contributed by atoms with van der Waals surface area (Å²) in [4.78, 5) is 17.2. The first-order valence-corrected chi connectivity index (χ1v) is 7.86. The lowest BCUT2D eigenvalue weighted by molar-refractivity contribution is -0.129. The Kier molecular flexibility index (Phi) is 4.61. The Labute approximate surface area is 122 Å². The van der Waals surface area contributed by atoms with Crippen molar-refractivity contribution in [2.24, 2.45) is 11.3 Å². The maximum absolute atomic E-state index is 12.9. The number of hydrogen-bond acceptors (Lipinski definition) is 3. The number of carbonyl (C=O) groups excluding carboxylic acids is 1. The third-order valence-corrected chi connectivity index (χ3v) is 4.41. The van der Waals surface area contributed by atoms with Gasteiger partial charge in [0.15, 0.2) is 0 Å². The molecule has 0 amide bonds. The first kappa shape index (κ1) is 15.2. The summed E-state index contributed by atoms with van der Waals surface area (Å²) in [5.41, 5.74) is -0.0953. The van der Waals surface area contributed by atoms with E-state index in [-0.39, 0.29) is 11.5 Å². The van der Waals surface area contributed by atoms with E-state index in [2.05, 4.69) is 37.8 Å². The van der Waals surface area contributed by atoms with Crippen molar-refractivity contribution >= 4 is 5.78 Å². The molecular weight excluding hydrogens is 250 g/mol. The molecule has 4 heteroatoms. The van der Waals surface area contributed by atoms with Crippen molar-refractivity contribution in [3.8, 4) is 0 Å². The second kappa shape index (κ2) is 6.06. The van der Waals surface area contributed by atoms with E-state index >= 15 is 0 Å². The predicted molar refractivity (Wildman–Crippen MR) is 79.5 cm³/mol. The molecule has 0 saturated heterocycles. The van der Waals surface area contributed by atoms with Gasteiger partial charge in [-0.05, 0) is 39.0 Å². The van der Waals surface area contributed by atoms with Gasteiger partial charge >= 0.3 is 0 Å². The van der Waals surface area contributed by atoms with E-state index in [9.17, 15) is 4.79 Å². The van der Waals surface area contributed by atoms with Crippen molar-refractivity contribution in [1.82, 2.24) is 14.8 Å². The zero-order valence-electron chi connectivity index (χ0n) is 13.2. The quantitative estimate of drug-likeness (QED) is 0.798. The van der Waals surface area contributed by atoms with Crippen molar-refractivity contribution in [3.63, 3.8) is 0 Å². The largest absolute Gasteiger partial charge is 0.299 e. The Morgan fingerprint density at radius 2 is 1.95 bits per heavy atom. The molecular formula is C16H27N3O. The van der Waals surface area contributed by atoms with Crippen LogP contribution in [0.15, 0.2) is 6.33 Å². The van der Waals surface area contributed by atoms with Crippen molar-refractivity contribution in [3.05, 3.63) is 12.2 Å².